The Kier molecular flexibility index (Phi) is 6.62. The van der Waals surface area contributed by atoms with Gasteiger partial charge >= 0.3 is 0 Å². The molecule has 0 N–H and O–H groups in total. The summed E-state index contributed by atoms with van der Waals surface area (Å²) in [6.45, 7) is 7.87. The molecule has 2 aliphatic heterocycles. The number of aromatic nitrogens is 2. The highest BCUT2D eigenvalue weighted by molar-refractivity contribution is 7.89. The van der Waals surface area contributed by atoms with Gasteiger partial charge in [0, 0.05) is 44.3 Å². The molecule has 1 aromatic heterocycles. The van der Waals surface area contributed by atoms with Crippen molar-refractivity contribution in [1.29, 1.82) is 0 Å². The minimum atomic E-state index is -3.69. The highest BCUT2D eigenvalue weighted by atomic mass is 35.5. The molecule has 0 saturated carbocycles. The zero-order chi connectivity index (χ0) is 22.2. The average Bonchev–Trinajstić information content (AvgIpc) is 2.77. The van der Waals surface area contributed by atoms with Crippen LogP contribution >= 0.6 is 23.2 Å². The summed E-state index contributed by atoms with van der Waals surface area (Å²) >= 11 is 12.3. The number of aryl methyl sites for hydroxylation is 1. The van der Waals surface area contributed by atoms with E-state index >= 15 is 0 Å². The van der Waals surface area contributed by atoms with E-state index in [1.807, 2.05) is 12.1 Å². The third-order valence-electron chi connectivity index (χ3n) is 6.14. The summed E-state index contributed by atoms with van der Waals surface area (Å²) in [6.07, 6.45) is 2.36. The van der Waals surface area contributed by atoms with Gasteiger partial charge < -0.3 is 9.80 Å². The van der Waals surface area contributed by atoms with Crippen LogP contribution in [0.3, 0.4) is 0 Å². The molecule has 0 aliphatic carbocycles. The number of halogens is 2. The molecule has 0 unspecified atom stereocenters. The summed E-state index contributed by atoms with van der Waals surface area (Å²) in [5.74, 6) is 2.44. The molecule has 1 aromatic carbocycles. The Hall–Kier alpha value is -1.61. The number of anilines is 2. The van der Waals surface area contributed by atoms with E-state index in [-0.39, 0.29) is 9.92 Å². The molecule has 168 valence electrons. The number of piperidine rings is 1. The summed E-state index contributed by atoms with van der Waals surface area (Å²) in [4.78, 5) is 4.44. The fourth-order valence-electron chi connectivity index (χ4n) is 4.02. The van der Waals surface area contributed by atoms with Crippen molar-refractivity contribution in [3.8, 4) is 0 Å². The van der Waals surface area contributed by atoms with Gasteiger partial charge in [-0.15, -0.1) is 10.2 Å². The van der Waals surface area contributed by atoms with Crippen molar-refractivity contribution in [2.75, 3.05) is 49.1 Å². The standard InChI is InChI=1S/C21H27Cl2N5O2S/c1-15-5-7-26(8-6-15)20-3-4-21(25-24-20)27-9-11-28(12-10-27)31(29,30)19-13-16(2)17(22)14-18(19)23/h3-4,13-15H,5-12H2,1-2H3. The van der Waals surface area contributed by atoms with Crippen LogP contribution in [0.2, 0.25) is 10.0 Å². The topological polar surface area (TPSA) is 69.6 Å². The van der Waals surface area contributed by atoms with Crippen LogP contribution in [0.5, 0.6) is 0 Å². The van der Waals surface area contributed by atoms with Gasteiger partial charge in [0.2, 0.25) is 10.0 Å². The van der Waals surface area contributed by atoms with E-state index in [4.69, 9.17) is 23.2 Å². The van der Waals surface area contributed by atoms with Gasteiger partial charge in [0.1, 0.15) is 4.90 Å². The van der Waals surface area contributed by atoms with Crippen LogP contribution in [0, 0.1) is 12.8 Å². The largest absolute Gasteiger partial charge is 0.355 e. The lowest BCUT2D eigenvalue weighted by Crippen LogP contribution is -2.49. The predicted molar refractivity (Wildman–Crippen MR) is 125 cm³/mol. The molecule has 0 radical (unpaired) electrons. The molecule has 0 amide bonds. The van der Waals surface area contributed by atoms with Crippen LogP contribution in [0.25, 0.3) is 0 Å². The number of hydrogen-bond acceptors (Lipinski definition) is 6. The molecule has 2 fully saturated rings. The van der Waals surface area contributed by atoms with Crippen molar-refractivity contribution in [2.45, 2.75) is 31.6 Å². The maximum absolute atomic E-state index is 13.1. The minimum Gasteiger partial charge on any atom is -0.355 e. The van der Waals surface area contributed by atoms with E-state index < -0.39 is 10.0 Å². The molecule has 0 atom stereocenters. The van der Waals surface area contributed by atoms with Gasteiger partial charge in [-0.1, -0.05) is 30.1 Å². The van der Waals surface area contributed by atoms with Crippen molar-refractivity contribution in [3.63, 3.8) is 0 Å². The average molecular weight is 484 g/mol. The van der Waals surface area contributed by atoms with Gasteiger partial charge in [0.15, 0.2) is 11.6 Å². The number of piperazine rings is 1. The monoisotopic (exact) mass is 483 g/mol. The summed E-state index contributed by atoms with van der Waals surface area (Å²) in [5.41, 5.74) is 0.682. The van der Waals surface area contributed by atoms with E-state index in [0.29, 0.717) is 36.8 Å². The van der Waals surface area contributed by atoms with Crippen LogP contribution in [0.15, 0.2) is 29.2 Å². The number of sulfonamides is 1. The number of nitrogens with zero attached hydrogens (tertiary/aromatic N) is 5. The van der Waals surface area contributed by atoms with Gasteiger partial charge in [-0.25, -0.2) is 8.42 Å². The zero-order valence-electron chi connectivity index (χ0n) is 17.8. The lowest BCUT2D eigenvalue weighted by molar-refractivity contribution is 0.383. The zero-order valence-corrected chi connectivity index (χ0v) is 20.1. The first-order valence-corrected chi connectivity index (χ1v) is 12.7. The molecule has 0 bridgehead atoms. The van der Waals surface area contributed by atoms with Gasteiger partial charge in [-0.2, -0.15) is 4.31 Å². The van der Waals surface area contributed by atoms with E-state index in [0.717, 1.165) is 30.6 Å². The summed E-state index contributed by atoms with van der Waals surface area (Å²) in [5, 5.41) is 9.43. The lowest BCUT2D eigenvalue weighted by Gasteiger charge is -2.35. The minimum absolute atomic E-state index is 0.101. The molecule has 4 rings (SSSR count). The number of benzene rings is 1. The van der Waals surface area contributed by atoms with Gasteiger partial charge in [0.05, 0.1) is 5.02 Å². The first-order valence-electron chi connectivity index (χ1n) is 10.5. The second-order valence-corrected chi connectivity index (χ2v) is 11.1. The number of rotatable bonds is 4. The van der Waals surface area contributed by atoms with Gasteiger partial charge in [0.25, 0.3) is 0 Å². The summed E-state index contributed by atoms with van der Waals surface area (Å²) in [7, 11) is -3.69. The third-order valence-corrected chi connectivity index (χ3v) is 8.91. The van der Waals surface area contributed by atoms with E-state index in [2.05, 4.69) is 26.9 Å². The molecular formula is C21H27Cl2N5O2S. The molecule has 7 nitrogen and oxygen atoms in total. The molecule has 10 heteroatoms. The second kappa shape index (κ2) is 9.10. The Morgan fingerprint density at radius 2 is 1.42 bits per heavy atom. The molecular weight excluding hydrogens is 457 g/mol. The van der Waals surface area contributed by atoms with Crippen LogP contribution in [0.1, 0.15) is 25.3 Å². The van der Waals surface area contributed by atoms with Gasteiger partial charge in [-0.05, 0) is 55.5 Å². The summed E-state index contributed by atoms with van der Waals surface area (Å²) < 4.78 is 27.7. The van der Waals surface area contributed by atoms with Crippen molar-refractivity contribution in [2.24, 2.45) is 5.92 Å². The fraction of sp³-hybridized carbons (Fsp3) is 0.524. The highest BCUT2D eigenvalue weighted by Gasteiger charge is 2.31. The normalized spacial score (nSPS) is 19.1. The highest BCUT2D eigenvalue weighted by Crippen LogP contribution is 2.31. The van der Waals surface area contributed by atoms with E-state index in [1.165, 1.54) is 29.3 Å². The molecule has 0 spiro atoms. The predicted octanol–water partition coefficient (Wildman–Crippen LogP) is 3.84. The van der Waals surface area contributed by atoms with E-state index in [9.17, 15) is 8.42 Å². The Bertz CT molecular complexity index is 1030. The lowest BCUT2D eigenvalue weighted by atomic mass is 9.99. The second-order valence-electron chi connectivity index (χ2n) is 8.34. The Morgan fingerprint density at radius 1 is 0.871 bits per heavy atom. The van der Waals surface area contributed by atoms with Gasteiger partial charge in [-0.3, -0.25) is 0 Å². The van der Waals surface area contributed by atoms with Crippen LogP contribution in [-0.4, -0.2) is 62.2 Å². The molecule has 2 aliphatic rings. The quantitative estimate of drug-likeness (QED) is 0.657. The Labute approximate surface area is 194 Å². The maximum Gasteiger partial charge on any atom is 0.244 e. The smallest absolute Gasteiger partial charge is 0.244 e. The van der Waals surface area contributed by atoms with E-state index in [1.54, 1.807) is 6.92 Å². The fourth-order valence-corrected chi connectivity index (χ4v) is 6.25. The molecule has 2 aromatic rings. The van der Waals surface area contributed by atoms with Crippen LogP contribution in [0.4, 0.5) is 11.6 Å². The molecule has 3 heterocycles. The Balaban J connectivity index is 1.41. The maximum atomic E-state index is 13.1. The van der Waals surface area contributed by atoms with Crippen molar-refractivity contribution >= 4 is 44.9 Å². The summed E-state index contributed by atoms with van der Waals surface area (Å²) in [6, 6.07) is 7.02. The first-order chi connectivity index (χ1) is 14.8. The Morgan fingerprint density at radius 3 is 1.97 bits per heavy atom. The third kappa shape index (κ3) is 4.77. The van der Waals surface area contributed by atoms with Crippen LogP contribution < -0.4 is 9.80 Å². The van der Waals surface area contributed by atoms with Crippen molar-refractivity contribution < 1.29 is 8.42 Å². The van der Waals surface area contributed by atoms with Crippen molar-refractivity contribution in [1.82, 2.24) is 14.5 Å². The molecule has 2 saturated heterocycles. The first kappa shape index (κ1) is 22.6. The van der Waals surface area contributed by atoms with Crippen molar-refractivity contribution in [3.05, 3.63) is 39.9 Å². The SMILES string of the molecule is Cc1cc(S(=O)(=O)N2CCN(c3ccc(N4CCC(C)CC4)nn3)CC2)c(Cl)cc1Cl. The number of hydrogen-bond donors (Lipinski definition) is 0. The van der Waals surface area contributed by atoms with Crippen LogP contribution in [-0.2, 0) is 10.0 Å². The molecule has 31 heavy (non-hydrogen) atoms.